The Morgan fingerprint density at radius 1 is 1.19 bits per heavy atom. The van der Waals surface area contributed by atoms with Gasteiger partial charge < -0.3 is 19.1 Å². The summed E-state index contributed by atoms with van der Waals surface area (Å²) < 4.78 is 17.3. The summed E-state index contributed by atoms with van der Waals surface area (Å²) in [5, 5.41) is 0. The van der Waals surface area contributed by atoms with Gasteiger partial charge in [0.2, 0.25) is 0 Å². The van der Waals surface area contributed by atoms with Crippen LogP contribution in [0.4, 0.5) is 0 Å². The smallest absolute Gasteiger partial charge is 0.137 e. The lowest BCUT2D eigenvalue weighted by Gasteiger charge is -2.32. The summed E-state index contributed by atoms with van der Waals surface area (Å²) >= 11 is 0. The third kappa shape index (κ3) is 5.56. The standard InChI is InChI=1S/C17H27NO3/c1-13(2)20-17-7-5-6-16(10-17)19-9-8-18-11-14(3)21-15(4)12-18/h5-7,10,13-15H,8-9,11-12H2,1-4H3/p+1/t14-,15-/m1/s1. The van der Waals surface area contributed by atoms with Crippen molar-refractivity contribution < 1.29 is 19.1 Å². The van der Waals surface area contributed by atoms with Gasteiger partial charge in [-0.25, -0.2) is 0 Å². The molecule has 0 radical (unpaired) electrons. The van der Waals surface area contributed by atoms with Crippen LogP contribution in [0, 0.1) is 0 Å². The van der Waals surface area contributed by atoms with Gasteiger partial charge in [-0.3, -0.25) is 0 Å². The number of morpholine rings is 1. The molecule has 1 heterocycles. The Morgan fingerprint density at radius 3 is 2.52 bits per heavy atom. The lowest BCUT2D eigenvalue weighted by atomic mass is 10.2. The molecule has 1 fully saturated rings. The minimum Gasteiger partial charge on any atom is -0.491 e. The van der Waals surface area contributed by atoms with E-state index in [1.807, 2.05) is 38.1 Å². The largest absolute Gasteiger partial charge is 0.491 e. The maximum absolute atomic E-state index is 5.86. The van der Waals surface area contributed by atoms with Crippen molar-refractivity contribution in [3.8, 4) is 11.5 Å². The minimum absolute atomic E-state index is 0.181. The monoisotopic (exact) mass is 294 g/mol. The molecule has 1 aromatic rings. The molecule has 1 aliphatic rings. The molecule has 0 bridgehead atoms. The lowest BCUT2D eigenvalue weighted by molar-refractivity contribution is -0.915. The average Bonchev–Trinajstić information content (AvgIpc) is 2.37. The molecule has 1 aromatic carbocycles. The highest BCUT2D eigenvalue weighted by Gasteiger charge is 2.25. The van der Waals surface area contributed by atoms with Crippen molar-refractivity contribution in [3.63, 3.8) is 0 Å². The van der Waals surface area contributed by atoms with Crippen molar-refractivity contribution in [1.82, 2.24) is 0 Å². The fourth-order valence-electron chi connectivity index (χ4n) is 2.82. The molecule has 4 nitrogen and oxygen atoms in total. The first-order valence-corrected chi connectivity index (χ1v) is 7.91. The normalized spacial score (nSPS) is 25.9. The Kier molecular flexibility index (Phi) is 5.88. The van der Waals surface area contributed by atoms with Crippen LogP contribution >= 0.6 is 0 Å². The minimum atomic E-state index is 0.181. The first-order valence-electron chi connectivity index (χ1n) is 7.91. The molecule has 0 aliphatic carbocycles. The highest BCUT2D eigenvalue weighted by atomic mass is 16.5. The van der Waals surface area contributed by atoms with Crippen LogP contribution < -0.4 is 14.4 Å². The predicted octanol–water partition coefficient (Wildman–Crippen LogP) is 1.54. The van der Waals surface area contributed by atoms with Gasteiger partial charge in [0.1, 0.15) is 49.9 Å². The maximum Gasteiger partial charge on any atom is 0.137 e. The quantitative estimate of drug-likeness (QED) is 0.864. The van der Waals surface area contributed by atoms with Gasteiger partial charge in [0.15, 0.2) is 0 Å². The second-order valence-electron chi connectivity index (χ2n) is 6.16. The zero-order chi connectivity index (χ0) is 15.2. The molecule has 0 saturated carbocycles. The Morgan fingerprint density at radius 2 is 1.86 bits per heavy atom. The summed E-state index contributed by atoms with van der Waals surface area (Å²) in [6, 6.07) is 7.87. The molecular formula is C17H28NO3+. The summed E-state index contributed by atoms with van der Waals surface area (Å²) in [5.41, 5.74) is 0. The summed E-state index contributed by atoms with van der Waals surface area (Å²) in [6.07, 6.45) is 0.860. The molecule has 1 aliphatic heterocycles. The van der Waals surface area contributed by atoms with Crippen molar-refractivity contribution in [1.29, 1.82) is 0 Å². The topological polar surface area (TPSA) is 32.1 Å². The van der Waals surface area contributed by atoms with E-state index in [0.717, 1.165) is 37.7 Å². The molecule has 21 heavy (non-hydrogen) atoms. The number of quaternary nitrogens is 1. The summed E-state index contributed by atoms with van der Waals surface area (Å²) in [4.78, 5) is 1.55. The van der Waals surface area contributed by atoms with Gasteiger partial charge in [0, 0.05) is 6.07 Å². The summed E-state index contributed by atoms with van der Waals surface area (Å²) in [5.74, 6) is 1.74. The highest BCUT2D eigenvalue weighted by molar-refractivity contribution is 5.33. The van der Waals surface area contributed by atoms with Crippen molar-refractivity contribution in [3.05, 3.63) is 24.3 Å². The van der Waals surface area contributed by atoms with Gasteiger partial charge in [0.05, 0.1) is 6.10 Å². The number of nitrogens with one attached hydrogen (secondary N) is 1. The van der Waals surface area contributed by atoms with E-state index >= 15 is 0 Å². The van der Waals surface area contributed by atoms with E-state index in [2.05, 4.69) is 13.8 Å². The molecule has 0 spiro atoms. The summed E-state index contributed by atoms with van der Waals surface area (Å²) in [7, 11) is 0. The second kappa shape index (κ2) is 7.66. The van der Waals surface area contributed by atoms with Crippen LogP contribution in [-0.4, -0.2) is 44.6 Å². The third-order valence-corrected chi connectivity index (χ3v) is 3.52. The van der Waals surface area contributed by atoms with E-state index in [1.54, 1.807) is 4.90 Å². The molecule has 2 rings (SSSR count). The Labute approximate surface area is 128 Å². The predicted molar refractivity (Wildman–Crippen MR) is 83.3 cm³/mol. The zero-order valence-corrected chi connectivity index (χ0v) is 13.6. The van der Waals surface area contributed by atoms with Crippen LogP contribution in [0.15, 0.2) is 24.3 Å². The highest BCUT2D eigenvalue weighted by Crippen LogP contribution is 2.20. The van der Waals surface area contributed by atoms with Gasteiger partial charge in [-0.1, -0.05) is 6.07 Å². The van der Waals surface area contributed by atoms with Gasteiger partial charge in [-0.2, -0.15) is 0 Å². The first-order chi connectivity index (χ1) is 10.0. The van der Waals surface area contributed by atoms with Crippen LogP contribution in [-0.2, 0) is 4.74 Å². The van der Waals surface area contributed by atoms with Crippen LogP contribution in [0.5, 0.6) is 11.5 Å². The van der Waals surface area contributed by atoms with Crippen molar-refractivity contribution in [2.75, 3.05) is 26.2 Å². The molecule has 118 valence electrons. The summed E-state index contributed by atoms with van der Waals surface area (Å²) in [6.45, 7) is 12.2. The molecule has 4 heteroatoms. The Balaban J connectivity index is 1.78. The first kappa shape index (κ1) is 16.1. The second-order valence-corrected chi connectivity index (χ2v) is 6.16. The van der Waals surface area contributed by atoms with Gasteiger partial charge in [-0.15, -0.1) is 0 Å². The van der Waals surface area contributed by atoms with Crippen LogP contribution in [0.2, 0.25) is 0 Å². The Bertz CT molecular complexity index is 426. The Hall–Kier alpha value is -1.26. The molecule has 0 unspecified atom stereocenters. The molecular weight excluding hydrogens is 266 g/mol. The number of hydrogen-bond acceptors (Lipinski definition) is 3. The van der Waals surface area contributed by atoms with Crippen molar-refractivity contribution in [2.45, 2.75) is 46.0 Å². The van der Waals surface area contributed by atoms with E-state index in [9.17, 15) is 0 Å². The molecule has 0 aromatic heterocycles. The molecule has 1 N–H and O–H groups in total. The molecule has 2 atom stereocenters. The van der Waals surface area contributed by atoms with Crippen LogP contribution in [0.3, 0.4) is 0 Å². The van der Waals surface area contributed by atoms with Gasteiger partial charge >= 0.3 is 0 Å². The van der Waals surface area contributed by atoms with E-state index in [1.165, 1.54) is 0 Å². The SMILES string of the molecule is CC(C)Oc1cccc(OCC[NH+]2C[C@@H](C)O[C@H](C)C2)c1. The van der Waals surface area contributed by atoms with Gasteiger partial charge in [0.25, 0.3) is 0 Å². The van der Waals surface area contributed by atoms with Gasteiger partial charge in [-0.05, 0) is 39.8 Å². The fraction of sp³-hybridized carbons (Fsp3) is 0.647. The van der Waals surface area contributed by atoms with E-state index in [4.69, 9.17) is 14.2 Å². The van der Waals surface area contributed by atoms with E-state index in [0.29, 0.717) is 12.2 Å². The van der Waals surface area contributed by atoms with E-state index < -0.39 is 0 Å². The average molecular weight is 294 g/mol. The number of ether oxygens (including phenoxy) is 3. The molecule has 0 amide bonds. The molecule has 1 saturated heterocycles. The third-order valence-electron chi connectivity index (χ3n) is 3.52. The van der Waals surface area contributed by atoms with Crippen LogP contribution in [0.25, 0.3) is 0 Å². The van der Waals surface area contributed by atoms with Crippen molar-refractivity contribution >= 4 is 0 Å². The number of rotatable bonds is 6. The van der Waals surface area contributed by atoms with E-state index in [-0.39, 0.29) is 6.10 Å². The number of hydrogen-bond donors (Lipinski definition) is 1. The number of benzene rings is 1. The van der Waals surface area contributed by atoms with Crippen LogP contribution in [0.1, 0.15) is 27.7 Å². The maximum atomic E-state index is 5.86. The fourth-order valence-corrected chi connectivity index (χ4v) is 2.82. The lowest BCUT2D eigenvalue weighted by Crippen LogP contribution is -3.16. The zero-order valence-electron chi connectivity index (χ0n) is 13.6. The van der Waals surface area contributed by atoms with Crippen molar-refractivity contribution in [2.24, 2.45) is 0 Å².